The lowest BCUT2D eigenvalue weighted by Crippen LogP contribution is -2.42. The maximum atomic E-state index is 12.2. The van der Waals surface area contributed by atoms with Crippen LogP contribution >= 0.6 is 23.5 Å². The molecule has 1 heterocycles. The van der Waals surface area contributed by atoms with Gasteiger partial charge in [-0.05, 0) is 54.4 Å². The molecule has 2 N–H and O–H groups in total. The fourth-order valence-electron chi connectivity index (χ4n) is 2.51. The summed E-state index contributed by atoms with van der Waals surface area (Å²) in [7, 11) is 0. The van der Waals surface area contributed by atoms with Gasteiger partial charge in [0.1, 0.15) is 6.04 Å². The normalized spacial score (nSPS) is 20.4. The van der Waals surface area contributed by atoms with Crippen molar-refractivity contribution in [2.24, 2.45) is 5.92 Å². The molecule has 0 spiro atoms. The van der Waals surface area contributed by atoms with Gasteiger partial charge in [0.2, 0.25) is 0 Å². The number of amides is 1. The van der Waals surface area contributed by atoms with Crippen molar-refractivity contribution in [3.05, 3.63) is 35.4 Å². The van der Waals surface area contributed by atoms with E-state index in [-0.39, 0.29) is 11.8 Å². The molecule has 4 nitrogen and oxygen atoms in total. The highest BCUT2D eigenvalue weighted by Gasteiger charge is 2.37. The Morgan fingerprint density at radius 3 is 2.32 bits per heavy atom. The number of hydrogen-bond donors (Lipinski definition) is 2. The lowest BCUT2D eigenvalue weighted by molar-refractivity contribution is -0.139. The van der Waals surface area contributed by atoms with Gasteiger partial charge in [-0.2, -0.15) is 0 Å². The number of carboxylic acids is 1. The van der Waals surface area contributed by atoms with Crippen LogP contribution < -0.4 is 5.32 Å². The molecule has 118 valence electrons. The molecule has 1 aliphatic carbocycles. The molecule has 6 heteroatoms. The first-order chi connectivity index (χ1) is 10.6. The summed E-state index contributed by atoms with van der Waals surface area (Å²) in [5.74, 6) is 1.22. The Labute approximate surface area is 138 Å². The third kappa shape index (κ3) is 3.79. The predicted molar refractivity (Wildman–Crippen MR) is 90.3 cm³/mol. The average molecular weight is 337 g/mol. The second kappa shape index (κ2) is 6.96. The summed E-state index contributed by atoms with van der Waals surface area (Å²) in [6.45, 7) is 0. The molecule has 1 aromatic carbocycles. The van der Waals surface area contributed by atoms with E-state index >= 15 is 0 Å². The molecule has 0 radical (unpaired) electrons. The van der Waals surface area contributed by atoms with Crippen LogP contribution in [-0.4, -0.2) is 34.5 Å². The Morgan fingerprint density at radius 1 is 1.14 bits per heavy atom. The first-order valence-corrected chi connectivity index (χ1v) is 9.62. The minimum absolute atomic E-state index is 0.0933. The van der Waals surface area contributed by atoms with Gasteiger partial charge in [-0.3, -0.25) is 4.79 Å². The van der Waals surface area contributed by atoms with E-state index in [0.29, 0.717) is 10.1 Å². The van der Waals surface area contributed by atoms with Gasteiger partial charge in [-0.15, -0.1) is 23.5 Å². The summed E-state index contributed by atoms with van der Waals surface area (Å²) < 4.78 is 0.448. The van der Waals surface area contributed by atoms with Crippen molar-refractivity contribution in [2.45, 2.75) is 29.9 Å². The van der Waals surface area contributed by atoms with Gasteiger partial charge in [-0.1, -0.05) is 12.1 Å². The molecule has 1 saturated carbocycles. The van der Waals surface area contributed by atoms with Gasteiger partial charge in [0.05, 0.1) is 4.58 Å². The number of carbonyl (C=O) groups is 2. The van der Waals surface area contributed by atoms with E-state index in [9.17, 15) is 14.7 Å². The summed E-state index contributed by atoms with van der Waals surface area (Å²) in [5.41, 5.74) is 1.75. The number of carbonyl (C=O) groups excluding carboxylic acids is 1. The lowest BCUT2D eigenvalue weighted by atomic mass is 10.1. The number of hydrogen-bond acceptors (Lipinski definition) is 4. The van der Waals surface area contributed by atoms with Crippen LogP contribution in [-0.2, 0) is 4.79 Å². The van der Waals surface area contributed by atoms with E-state index in [0.717, 1.165) is 12.8 Å². The summed E-state index contributed by atoms with van der Waals surface area (Å²) in [6.07, 6.45) is 3.02. The van der Waals surface area contributed by atoms with Crippen LogP contribution in [0, 0.1) is 5.92 Å². The number of carboxylic acid groups (broad SMARTS) is 1. The molecular weight excluding hydrogens is 318 g/mol. The molecule has 22 heavy (non-hydrogen) atoms. The van der Waals surface area contributed by atoms with Crippen LogP contribution in [0.15, 0.2) is 24.3 Å². The molecule has 2 aliphatic rings. The zero-order valence-electron chi connectivity index (χ0n) is 12.2. The number of aliphatic carboxylic acids is 1. The lowest BCUT2D eigenvalue weighted by Gasteiger charge is -2.21. The summed E-state index contributed by atoms with van der Waals surface area (Å²) >= 11 is 3.88. The smallest absolute Gasteiger partial charge is 0.326 e. The highest BCUT2D eigenvalue weighted by Crippen LogP contribution is 2.43. The monoisotopic (exact) mass is 337 g/mol. The standard InChI is InChI=1S/C16H19NO3S2/c18-14(17-13(15(19)20)10-2-3-10)11-4-6-12(7-5-11)16-21-8-1-9-22-16/h4-7,10,13,16H,1-3,8-9H2,(H,17,18)(H,19,20). The van der Waals surface area contributed by atoms with Gasteiger partial charge < -0.3 is 10.4 Å². The van der Waals surface area contributed by atoms with Crippen molar-refractivity contribution >= 4 is 35.4 Å². The fraction of sp³-hybridized carbons (Fsp3) is 0.500. The predicted octanol–water partition coefficient (Wildman–Crippen LogP) is 3.15. The van der Waals surface area contributed by atoms with Crippen molar-refractivity contribution in [2.75, 3.05) is 11.5 Å². The van der Waals surface area contributed by atoms with E-state index in [1.165, 1.54) is 23.5 Å². The SMILES string of the molecule is O=C(NC(C(=O)O)C1CC1)c1ccc(C2SCCCS2)cc1. The van der Waals surface area contributed by atoms with Gasteiger partial charge in [0, 0.05) is 5.56 Å². The maximum Gasteiger partial charge on any atom is 0.326 e. The van der Waals surface area contributed by atoms with Gasteiger partial charge >= 0.3 is 5.97 Å². The van der Waals surface area contributed by atoms with Crippen molar-refractivity contribution in [3.63, 3.8) is 0 Å². The molecule has 1 aliphatic heterocycles. The van der Waals surface area contributed by atoms with Crippen LogP contribution in [0.3, 0.4) is 0 Å². The molecule has 3 rings (SSSR count). The summed E-state index contributed by atoms with van der Waals surface area (Å²) in [5, 5.41) is 11.8. The first-order valence-electron chi connectivity index (χ1n) is 7.52. The molecule has 1 aromatic rings. The number of benzene rings is 1. The molecular formula is C16H19NO3S2. The molecule has 0 bridgehead atoms. The molecule has 1 unspecified atom stereocenters. The van der Waals surface area contributed by atoms with Crippen molar-refractivity contribution in [1.82, 2.24) is 5.32 Å². The van der Waals surface area contributed by atoms with Crippen LogP contribution in [0.1, 0.15) is 39.8 Å². The third-order valence-corrected chi connectivity index (χ3v) is 6.93. The minimum atomic E-state index is -0.942. The summed E-state index contributed by atoms with van der Waals surface area (Å²) in [6, 6.07) is 6.81. The van der Waals surface area contributed by atoms with Crippen molar-refractivity contribution in [1.29, 1.82) is 0 Å². The molecule has 0 aromatic heterocycles. The second-order valence-electron chi connectivity index (χ2n) is 5.68. The van der Waals surface area contributed by atoms with Crippen molar-refractivity contribution in [3.8, 4) is 0 Å². The third-order valence-electron chi connectivity index (χ3n) is 3.92. The Bertz CT molecular complexity index is 551. The number of nitrogens with one attached hydrogen (secondary N) is 1. The Morgan fingerprint density at radius 2 is 1.77 bits per heavy atom. The van der Waals surface area contributed by atoms with Crippen LogP contribution in [0.25, 0.3) is 0 Å². The fourth-order valence-corrected chi connectivity index (χ4v) is 5.40. The summed E-state index contributed by atoms with van der Waals surface area (Å²) in [4.78, 5) is 23.4. The highest BCUT2D eigenvalue weighted by molar-refractivity contribution is 8.16. The van der Waals surface area contributed by atoms with E-state index in [2.05, 4.69) is 5.32 Å². The molecule has 1 atom stereocenters. The van der Waals surface area contributed by atoms with E-state index in [1.54, 1.807) is 12.1 Å². The number of thioether (sulfide) groups is 2. The maximum absolute atomic E-state index is 12.2. The largest absolute Gasteiger partial charge is 0.480 e. The second-order valence-corrected chi connectivity index (χ2v) is 8.40. The first kappa shape index (κ1) is 15.7. The molecule has 1 saturated heterocycles. The average Bonchev–Trinajstić information content (AvgIpc) is 3.38. The minimum Gasteiger partial charge on any atom is -0.480 e. The zero-order valence-corrected chi connectivity index (χ0v) is 13.8. The van der Waals surface area contributed by atoms with E-state index in [1.807, 2.05) is 35.7 Å². The van der Waals surface area contributed by atoms with E-state index in [4.69, 9.17) is 0 Å². The Balaban J connectivity index is 1.64. The molecule has 2 fully saturated rings. The van der Waals surface area contributed by atoms with Crippen LogP contribution in [0.2, 0.25) is 0 Å². The topological polar surface area (TPSA) is 66.4 Å². The van der Waals surface area contributed by atoms with Crippen LogP contribution in [0.4, 0.5) is 0 Å². The van der Waals surface area contributed by atoms with Crippen LogP contribution in [0.5, 0.6) is 0 Å². The van der Waals surface area contributed by atoms with Gasteiger partial charge in [0.15, 0.2) is 0 Å². The number of rotatable bonds is 5. The van der Waals surface area contributed by atoms with Gasteiger partial charge in [0.25, 0.3) is 5.91 Å². The van der Waals surface area contributed by atoms with Crippen molar-refractivity contribution < 1.29 is 14.7 Å². The zero-order chi connectivity index (χ0) is 15.5. The Kier molecular flexibility index (Phi) is 4.98. The van der Waals surface area contributed by atoms with E-state index < -0.39 is 12.0 Å². The quantitative estimate of drug-likeness (QED) is 0.864. The highest BCUT2D eigenvalue weighted by atomic mass is 32.2. The Hall–Kier alpha value is -1.14. The molecule has 1 amide bonds. The van der Waals surface area contributed by atoms with Gasteiger partial charge in [-0.25, -0.2) is 4.79 Å².